The number of nitrogens with zero attached hydrogens (tertiary/aromatic N) is 1. The minimum Gasteiger partial charge on any atom is -0.370 e. The summed E-state index contributed by atoms with van der Waals surface area (Å²) in [5.74, 6) is 0. The summed E-state index contributed by atoms with van der Waals surface area (Å²) >= 11 is 0. The Morgan fingerprint density at radius 3 is 3.42 bits per heavy atom. The molecule has 2 aliphatic heterocycles. The third-order valence-electron chi connectivity index (χ3n) is 2.25. The summed E-state index contributed by atoms with van der Waals surface area (Å²) in [5, 5.41) is 3.25. The lowest BCUT2D eigenvalue weighted by atomic mass is 10.00. The van der Waals surface area contributed by atoms with Crippen LogP contribution >= 0.6 is 0 Å². The quantitative estimate of drug-likeness (QED) is 0.557. The molecule has 3 nitrogen and oxygen atoms in total. The van der Waals surface area contributed by atoms with Crippen molar-refractivity contribution in [3.05, 3.63) is 23.5 Å². The second-order valence-corrected chi connectivity index (χ2v) is 3.16. The zero-order chi connectivity index (χ0) is 8.39. The van der Waals surface area contributed by atoms with Gasteiger partial charge in [0.15, 0.2) is 0 Å². The molecule has 0 spiro atoms. The molecule has 2 heterocycles. The van der Waals surface area contributed by atoms with Crippen LogP contribution in [0.3, 0.4) is 0 Å². The highest BCUT2D eigenvalue weighted by atomic mass is 15.0. The lowest BCUT2D eigenvalue weighted by Gasteiger charge is -2.24. The Morgan fingerprint density at radius 1 is 1.58 bits per heavy atom. The molecule has 0 aromatic carbocycles. The predicted molar refractivity (Wildman–Crippen MR) is 49.6 cm³/mol. The van der Waals surface area contributed by atoms with Crippen molar-refractivity contribution >= 4 is 6.21 Å². The summed E-state index contributed by atoms with van der Waals surface area (Å²) in [6.45, 7) is 0. The number of nitrogens with two attached hydrogens (primary N) is 1. The van der Waals surface area contributed by atoms with Gasteiger partial charge in [0.25, 0.3) is 0 Å². The average molecular weight is 163 g/mol. The predicted octanol–water partition coefficient (Wildman–Crippen LogP) is 0.897. The van der Waals surface area contributed by atoms with Crippen molar-refractivity contribution in [3.63, 3.8) is 0 Å². The Bertz CT molecular complexity index is 263. The molecule has 0 saturated heterocycles. The van der Waals surface area contributed by atoms with Gasteiger partial charge in [0, 0.05) is 24.5 Å². The Hall–Kier alpha value is -1.09. The van der Waals surface area contributed by atoms with Gasteiger partial charge in [0.2, 0.25) is 0 Å². The third-order valence-corrected chi connectivity index (χ3v) is 2.25. The van der Waals surface area contributed by atoms with E-state index in [0.717, 1.165) is 19.3 Å². The summed E-state index contributed by atoms with van der Waals surface area (Å²) in [7, 11) is 0. The number of aliphatic imine (C=N–C) groups is 1. The van der Waals surface area contributed by atoms with Crippen LogP contribution in [0, 0.1) is 0 Å². The number of nitrogens with one attached hydrogen (secondary N) is 1. The van der Waals surface area contributed by atoms with Crippen LogP contribution in [0.15, 0.2) is 28.5 Å². The lowest BCUT2D eigenvalue weighted by Crippen LogP contribution is -2.39. The standard InChI is InChI=1S/C9H13N3/c10-9-2-1-7-3-5-11-6-4-8(7)12-9/h4-6,9,12H,1-3,10H2. The maximum atomic E-state index is 5.77. The monoisotopic (exact) mass is 163 g/mol. The van der Waals surface area contributed by atoms with Gasteiger partial charge in [-0.15, -0.1) is 0 Å². The topological polar surface area (TPSA) is 50.4 Å². The molecule has 0 aromatic rings. The van der Waals surface area contributed by atoms with Gasteiger partial charge in [-0.2, -0.15) is 0 Å². The molecule has 2 rings (SSSR count). The van der Waals surface area contributed by atoms with Crippen molar-refractivity contribution < 1.29 is 0 Å². The molecule has 0 aliphatic carbocycles. The van der Waals surface area contributed by atoms with Crippen molar-refractivity contribution in [2.75, 3.05) is 0 Å². The van der Waals surface area contributed by atoms with Crippen LogP contribution < -0.4 is 11.1 Å². The Labute approximate surface area is 72.1 Å². The number of hydrogen-bond donors (Lipinski definition) is 2. The van der Waals surface area contributed by atoms with Crippen LogP contribution in [0.2, 0.25) is 0 Å². The molecular weight excluding hydrogens is 150 g/mol. The molecule has 3 heteroatoms. The molecule has 3 N–H and O–H groups in total. The zero-order valence-electron chi connectivity index (χ0n) is 6.96. The Morgan fingerprint density at radius 2 is 2.50 bits per heavy atom. The van der Waals surface area contributed by atoms with Gasteiger partial charge in [-0.05, 0) is 24.5 Å². The van der Waals surface area contributed by atoms with E-state index in [1.165, 1.54) is 11.3 Å². The minimum absolute atomic E-state index is 0.117. The highest BCUT2D eigenvalue weighted by Gasteiger charge is 2.15. The van der Waals surface area contributed by atoms with E-state index in [1.807, 2.05) is 18.5 Å². The van der Waals surface area contributed by atoms with E-state index in [-0.39, 0.29) is 6.17 Å². The van der Waals surface area contributed by atoms with Gasteiger partial charge in [0.1, 0.15) is 0 Å². The molecule has 0 bridgehead atoms. The van der Waals surface area contributed by atoms with Crippen molar-refractivity contribution in [2.24, 2.45) is 10.7 Å². The van der Waals surface area contributed by atoms with Gasteiger partial charge >= 0.3 is 0 Å². The van der Waals surface area contributed by atoms with Crippen molar-refractivity contribution in [1.29, 1.82) is 0 Å². The Kier molecular flexibility index (Phi) is 1.96. The molecule has 0 aromatic heterocycles. The summed E-state index contributed by atoms with van der Waals surface area (Å²) in [5.41, 5.74) is 8.37. The minimum atomic E-state index is 0.117. The van der Waals surface area contributed by atoms with Gasteiger partial charge < -0.3 is 11.1 Å². The van der Waals surface area contributed by atoms with Crippen LogP contribution in [-0.2, 0) is 0 Å². The molecular formula is C9H13N3. The first-order valence-electron chi connectivity index (χ1n) is 4.28. The second-order valence-electron chi connectivity index (χ2n) is 3.16. The number of allylic oxidation sites excluding steroid dienone is 2. The van der Waals surface area contributed by atoms with E-state index in [0.29, 0.717) is 0 Å². The maximum Gasteiger partial charge on any atom is 0.0746 e. The molecule has 0 radical (unpaired) electrons. The van der Waals surface area contributed by atoms with Gasteiger partial charge in [0.05, 0.1) is 6.17 Å². The van der Waals surface area contributed by atoms with Crippen LogP contribution in [-0.4, -0.2) is 12.4 Å². The summed E-state index contributed by atoms with van der Waals surface area (Å²) in [6, 6.07) is 0. The molecule has 12 heavy (non-hydrogen) atoms. The van der Waals surface area contributed by atoms with Gasteiger partial charge in [-0.3, -0.25) is 4.99 Å². The Balaban J connectivity index is 2.23. The first-order chi connectivity index (χ1) is 5.86. The maximum absolute atomic E-state index is 5.77. The highest BCUT2D eigenvalue weighted by molar-refractivity contribution is 5.64. The van der Waals surface area contributed by atoms with Crippen molar-refractivity contribution in [1.82, 2.24) is 5.32 Å². The van der Waals surface area contributed by atoms with E-state index >= 15 is 0 Å². The molecule has 2 aliphatic rings. The van der Waals surface area contributed by atoms with E-state index in [4.69, 9.17) is 5.73 Å². The van der Waals surface area contributed by atoms with E-state index in [1.54, 1.807) is 0 Å². The van der Waals surface area contributed by atoms with Crippen molar-refractivity contribution in [2.45, 2.75) is 25.4 Å². The van der Waals surface area contributed by atoms with Gasteiger partial charge in [-0.25, -0.2) is 0 Å². The molecule has 0 saturated carbocycles. The van der Waals surface area contributed by atoms with Crippen LogP contribution in [0.5, 0.6) is 0 Å². The SMILES string of the molecule is NC1CCC2=C(C=CN=CC2)N1. The molecule has 0 fully saturated rings. The molecule has 1 atom stereocenters. The summed E-state index contributed by atoms with van der Waals surface area (Å²) in [6.07, 6.45) is 8.96. The number of rotatable bonds is 0. The normalized spacial score (nSPS) is 27.9. The fraction of sp³-hybridized carbons (Fsp3) is 0.444. The van der Waals surface area contributed by atoms with E-state index in [2.05, 4.69) is 10.3 Å². The fourth-order valence-electron chi connectivity index (χ4n) is 1.56. The van der Waals surface area contributed by atoms with Crippen LogP contribution in [0.1, 0.15) is 19.3 Å². The summed E-state index contributed by atoms with van der Waals surface area (Å²) in [4.78, 5) is 4.09. The van der Waals surface area contributed by atoms with E-state index < -0.39 is 0 Å². The second kappa shape index (κ2) is 3.11. The lowest BCUT2D eigenvalue weighted by molar-refractivity contribution is 0.513. The fourth-order valence-corrected chi connectivity index (χ4v) is 1.56. The van der Waals surface area contributed by atoms with Gasteiger partial charge in [-0.1, -0.05) is 0 Å². The molecule has 1 unspecified atom stereocenters. The molecule has 0 amide bonds. The zero-order valence-corrected chi connectivity index (χ0v) is 6.96. The van der Waals surface area contributed by atoms with Crippen molar-refractivity contribution in [3.8, 4) is 0 Å². The first kappa shape index (κ1) is 7.55. The van der Waals surface area contributed by atoms with E-state index in [9.17, 15) is 0 Å². The molecule has 64 valence electrons. The van der Waals surface area contributed by atoms with Crippen LogP contribution in [0.25, 0.3) is 0 Å². The number of hydrogen-bond acceptors (Lipinski definition) is 3. The summed E-state index contributed by atoms with van der Waals surface area (Å²) < 4.78 is 0. The van der Waals surface area contributed by atoms with Crippen LogP contribution in [0.4, 0.5) is 0 Å². The third kappa shape index (κ3) is 1.41. The first-order valence-corrected chi connectivity index (χ1v) is 4.28. The average Bonchev–Trinajstić information content (AvgIpc) is 2.28. The smallest absolute Gasteiger partial charge is 0.0746 e. The largest absolute Gasteiger partial charge is 0.370 e. The highest BCUT2D eigenvalue weighted by Crippen LogP contribution is 2.20.